The second-order valence-electron chi connectivity index (χ2n) is 3.43. The quantitative estimate of drug-likeness (QED) is 0.545. The van der Waals surface area contributed by atoms with Crippen molar-refractivity contribution in [3.63, 3.8) is 0 Å². The molecule has 1 heterocycles. The lowest BCUT2D eigenvalue weighted by Crippen LogP contribution is -2.34. The van der Waals surface area contributed by atoms with Gasteiger partial charge in [0, 0.05) is 26.3 Å². The molecule has 0 saturated carbocycles. The summed E-state index contributed by atoms with van der Waals surface area (Å²) in [6, 6.07) is 0. The molecule has 0 spiro atoms. The summed E-state index contributed by atoms with van der Waals surface area (Å²) in [4.78, 5) is 0. The molecule has 1 aliphatic rings. The van der Waals surface area contributed by atoms with E-state index in [0.29, 0.717) is 0 Å². The summed E-state index contributed by atoms with van der Waals surface area (Å²) in [5.74, 6) is 2.03. The molecule has 1 fully saturated rings. The minimum atomic E-state index is -0.131. The number of hydrogen-bond acceptors (Lipinski definition) is 3. The number of allylic oxidation sites excluding steroid dienone is 1. The Balaban J connectivity index is 2.16. The molecule has 0 atom stereocenters. The van der Waals surface area contributed by atoms with Gasteiger partial charge < -0.3 is 14.6 Å². The Morgan fingerprint density at radius 2 is 2.00 bits per heavy atom. The highest BCUT2D eigenvalue weighted by Gasteiger charge is 2.14. The lowest BCUT2D eigenvalue weighted by atomic mass is 9.88. The monoisotopic (exact) mass is 197 g/mol. The largest absolute Gasteiger partial charge is 0.485 e. The summed E-state index contributed by atoms with van der Waals surface area (Å²) in [5, 5.41) is 3.21. The van der Waals surface area contributed by atoms with Crippen LogP contribution in [0.5, 0.6) is 0 Å². The molecule has 1 N–H and O–H groups in total. The van der Waals surface area contributed by atoms with Crippen molar-refractivity contribution >= 4 is 7.12 Å². The van der Waals surface area contributed by atoms with Gasteiger partial charge in [0.25, 0.3) is 0 Å². The van der Waals surface area contributed by atoms with E-state index in [1.54, 1.807) is 0 Å². The van der Waals surface area contributed by atoms with Gasteiger partial charge in [-0.1, -0.05) is 31.8 Å². The molecule has 0 aromatic heterocycles. The smallest absolute Gasteiger partial charge is 0.406 e. The van der Waals surface area contributed by atoms with Crippen LogP contribution in [-0.2, 0) is 9.31 Å². The second kappa shape index (κ2) is 8.03. The minimum Gasteiger partial charge on any atom is -0.406 e. The van der Waals surface area contributed by atoms with Crippen molar-refractivity contribution in [3.8, 4) is 0 Å². The highest BCUT2D eigenvalue weighted by molar-refractivity contribution is 6.50. The van der Waals surface area contributed by atoms with Gasteiger partial charge in [-0.15, -0.1) is 0 Å². The molecule has 0 unspecified atom stereocenters. The number of nitrogens with one attached hydrogen (secondary N) is 1. The zero-order valence-corrected chi connectivity index (χ0v) is 9.00. The lowest BCUT2D eigenvalue weighted by Gasteiger charge is -2.15. The Hall–Kier alpha value is -0.315. The highest BCUT2D eigenvalue weighted by atomic mass is 16.6. The molecule has 0 aliphatic carbocycles. The van der Waals surface area contributed by atoms with Gasteiger partial charge >= 0.3 is 7.12 Å². The van der Waals surface area contributed by atoms with E-state index in [0.717, 1.165) is 32.7 Å². The first-order chi connectivity index (χ1) is 6.93. The second-order valence-corrected chi connectivity index (χ2v) is 3.43. The van der Waals surface area contributed by atoms with Crippen LogP contribution in [0.1, 0.15) is 26.2 Å². The SMILES string of the molecule is CCCC/C=C/B1OCCNCCO1. The maximum absolute atomic E-state index is 5.49. The molecular weight excluding hydrogens is 177 g/mol. The Bertz CT molecular complexity index is 156. The van der Waals surface area contributed by atoms with E-state index in [1.807, 2.05) is 5.98 Å². The zero-order valence-electron chi connectivity index (χ0n) is 9.00. The molecule has 0 bridgehead atoms. The van der Waals surface area contributed by atoms with Crippen molar-refractivity contribution in [3.05, 3.63) is 12.1 Å². The first-order valence-electron chi connectivity index (χ1n) is 5.54. The average molecular weight is 197 g/mol. The molecule has 80 valence electrons. The number of rotatable bonds is 4. The van der Waals surface area contributed by atoms with Crippen LogP contribution in [-0.4, -0.2) is 33.4 Å². The van der Waals surface area contributed by atoms with Crippen LogP contribution in [0.3, 0.4) is 0 Å². The molecule has 0 aromatic carbocycles. The van der Waals surface area contributed by atoms with E-state index in [1.165, 1.54) is 12.8 Å². The van der Waals surface area contributed by atoms with E-state index in [-0.39, 0.29) is 7.12 Å². The fourth-order valence-electron chi connectivity index (χ4n) is 1.31. The maximum Gasteiger partial charge on any atom is 0.485 e. The van der Waals surface area contributed by atoms with Gasteiger partial charge in [0.05, 0.1) is 0 Å². The molecule has 1 rings (SSSR count). The zero-order chi connectivity index (χ0) is 10.1. The molecule has 1 aliphatic heterocycles. The van der Waals surface area contributed by atoms with Gasteiger partial charge in [-0.3, -0.25) is 0 Å². The highest BCUT2D eigenvalue weighted by Crippen LogP contribution is 1.99. The van der Waals surface area contributed by atoms with Crippen LogP contribution in [0.25, 0.3) is 0 Å². The van der Waals surface area contributed by atoms with Crippen molar-refractivity contribution in [2.45, 2.75) is 26.2 Å². The normalized spacial score (nSPS) is 19.6. The third-order valence-corrected chi connectivity index (χ3v) is 2.14. The van der Waals surface area contributed by atoms with Crippen LogP contribution >= 0.6 is 0 Å². The van der Waals surface area contributed by atoms with Gasteiger partial charge in [-0.2, -0.15) is 0 Å². The van der Waals surface area contributed by atoms with E-state index in [4.69, 9.17) is 9.31 Å². The summed E-state index contributed by atoms with van der Waals surface area (Å²) in [7, 11) is -0.131. The fraction of sp³-hybridized carbons (Fsp3) is 0.800. The number of hydrogen-bond donors (Lipinski definition) is 1. The first-order valence-corrected chi connectivity index (χ1v) is 5.54. The van der Waals surface area contributed by atoms with Crippen molar-refractivity contribution < 1.29 is 9.31 Å². The summed E-state index contributed by atoms with van der Waals surface area (Å²) < 4.78 is 11.0. The van der Waals surface area contributed by atoms with Crippen LogP contribution in [0.4, 0.5) is 0 Å². The Labute approximate surface area is 87.0 Å². The topological polar surface area (TPSA) is 30.5 Å². The van der Waals surface area contributed by atoms with Crippen molar-refractivity contribution in [2.24, 2.45) is 0 Å². The standard InChI is InChI=1S/C10H20BNO2/c1-2-3-4-5-6-11-13-9-7-12-8-10-14-11/h5-6,12H,2-4,7-10H2,1H3/b6-5+. The van der Waals surface area contributed by atoms with Crippen LogP contribution < -0.4 is 5.32 Å². The average Bonchev–Trinajstić information content (AvgIpc) is 2.15. The predicted molar refractivity (Wildman–Crippen MR) is 59.2 cm³/mol. The molecule has 1 saturated heterocycles. The Morgan fingerprint density at radius 1 is 1.29 bits per heavy atom. The van der Waals surface area contributed by atoms with Crippen LogP contribution in [0, 0.1) is 0 Å². The molecule has 0 aromatic rings. The van der Waals surface area contributed by atoms with E-state index in [9.17, 15) is 0 Å². The Morgan fingerprint density at radius 3 is 2.64 bits per heavy atom. The van der Waals surface area contributed by atoms with Crippen LogP contribution in [0.2, 0.25) is 0 Å². The molecule has 3 nitrogen and oxygen atoms in total. The minimum absolute atomic E-state index is 0.131. The summed E-state index contributed by atoms with van der Waals surface area (Å²) in [6.07, 6.45) is 5.76. The molecule has 14 heavy (non-hydrogen) atoms. The third-order valence-electron chi connectivity index (χ3n) is 2.14. The predicted octanol–water partition coefficient (Wildman–Crippen LogP) is 1.40. The maximum atomic E-state index is 5.49. The van der Waals surface area contributed by atoms with E-state index >= 15 is 0 Å². The molecular formula is C10H20BNO2. The molecule has 4 heteroatoms. The summed E-state index contributed by atoms with van der Waals surface area (Å²) in [6.45, 7) is 5.49. The van der Waals surface area contributed by atoms with Crippen molar-refractivity contribution in [1.29, 1.82) is 0 Å². The molecule has 0 amide bonds. The fourth-order valence-corrected chi connectivity index (χ4v) is 1.31. The van der Waals surface area contributed by atoms with E-state index in [2.05, 4.69) is 18.3 Å². The first kappa shape index (κ1) is 11.8. The van der Waals surface area contributed by atoms with Gasteiger partial charge in [-0.25, -0.2) is 0 Å². The third kappa shape index (κ3) is 5.42. The van der Waals surface area contributed by atoms with Crippen LogP contribution in [0.15, 0.2) is 12.1 Å². The lowest BCUT2D eigenvalue weighted by molar-refractivity contribution is 0.186. The molecule has 0 radical (unpaired) electrons. The van der Waals surface area contributed by atoms with Gasteiger partial charge in [0.15, 0.2) is 0 Å². The Kier molecular flexibility index (Phi) is 6.75. The van der Waals surface area contributed by atoms with Gasteiger partial charge in [-0.05, 0) is 6.42 Å². The number of unbranched alkanes of at least 4 members (excludes halogenated alkanes) is 2. The summed E-state index contributed by atoms with van der Waals surface area (Å²) >= 11 is 0. The van der Waals surface area contributed by atoms with Crippen molar-refractivity contribution in [2.75, 3.05) is 26.3 Å². The van der Waals surface area contributed by atoms with E-state index < -0.39 is 0 Å². The van der Waals surface area contributed by atoms with Gasteiger partial charge in [0.1, 0.15) is 0 Å². The van der Waals surface area contributed by atoms with Crippen molar-refractivity contribution in [1.82, 2.24) is 5.32 Å². The summed E-state index contributed by atoms with van der Waals surface area (Å²) in [5.41, 5.74) is 0. The van der Waals surface area contributed by atoms with Gasteiger partial charge in [0.2, 0.25) is 0 Å².